The number of nitro groups is 1. The van der Waals surface area contributed by atoms with Crippen LogP contribution in [0.1, 0.15) is 29.3 Å². The molecule has 0 saturated heterocycles. The summed E-state index contributed by atoms with van der Waals surface area (Å²) in [4.78, 5) is 22.3. The molecule has 8 nitrogen and oxygen atoms in total. The fraction of sp³-hybridized carbons (Fsp3) is 0.118. The zero-order valence-electron chi connectivity index (χ0n) is 14.1. The number of halogens is 3. The van der Waals surface area contributed by atoms with Gasteiger partial charge >= 0.3 is 5.97 Å². The Morgan fingerprint density at radius 1 is 1.21 bits per heavy atom. The number of hydrogen-bond donors (Lipinski definition) is 0. The molecule has 144 valence electrons. The number of esters is 1. The van der Waals surface area contributed by atoms with E-state index in [4.69, 9.17) is 20.8 Å². The van der Waals surface area contributed by atoms with Gasteiger partial charge in [-0.2, -0.15) is 0 Å². The molecular weight excluding hydrogens is 400 g/mol. The van der Waals surface area contributed by atoms with Crippen LogP contribution in [0.3, 0.4) is 0 Å². The van der Waals surface area contributed by atoms with Crippen LogP contribution in [0.15, 0.2) is 40.8 Å². The monoisotopic (exact) mass is 409 g/mol. The number of benzene rings is 2. The van der Waals surface area contributed by atoms with E-state index in [2.05, 4.69) is 10.2 Å². The molecule has 0 aliphatic rings. The third-order valence-electron chi connectivity index (χ3n) is 3.63. The van der Waals surface area contributed by atoms with Gasteiger partial charge in [0, 0.05) is 17.7 Å². The number of non-ortho nitro benzene ring substituents is 1. The van der Waals surface area contributed by atoms with E-state index < -0.39 is 28.6 Å². The molecule has 0 aliphatic heterocycles. The minimum absolute atomic E-state index is 0.0543. The van der Waals surface area contributed by atoms with Gasteiger partial charge in [0.15, 0.2) is 17.7 Å². The summed E-state index contributed by atoms with van der Waals surface area (Å²) >= 11 is 5.74. The second-order valence-electron chi connectivity index (χ2n) is 5.54. The Morgan fingerprint density at radius 2 is 1.86 bits per heavy atom. The molecule has 3 rings (SSSR count). The highest BCUT2D eigenvalue weighted by atomic mass is 35.5. The van der Waals surface area contributed by atoms with Gasteiger partial charge in [-0.3, -0.25) is 10.1 Å². The summed E-state index contributed by atoms with van der Waals surface area (Å²) in [6.45, 7) is 1.43. The predicted molar refractivity (Wildman–Crippen MR) is 91.6 cm³/mol. The molecule has 11 heteroatoms. The minimum atomic E-state index is -1.25. The fourth-order valence-corrected chi connectivity index (χ4v) is 2.42. The van der Waals surface area contributed by atoms with Gasteiger partial charge in [0.2, 0.25) is 5.89 Å². The van der Waals surface area contributed by atoms with Crippen LogP contribution in [-0.2, 0) is 4.74 Å². The number of ether oxygens (including phenoxy) is 1. The highest BCUT2D eigenvalue weighted by Crippen LogP contribution is 2.26. The van der Waals surface area contributed by atoms with Crippen molar-refractivity contribution in [2.45, 2.75) is 13.0 Å². The number of carbonyl (C=O) groups excluding carboxylic acids is 1. The summed E-state index contributed by atoms with van der Waals surface area (Å²) in [5.41, 5.74) is -0.0387. The van der Waals surface area contributed by atoms with Crippen LogP contribution in [0.5, 0.6) is 0 Å². The lowest BCUT2D eigenvalue weighted by molar-refractivity contribution is -0.384. The van der Waals surface area contributed by atoms with Crippen LogP contribution >= 0.6 is 11.6 Å². The molecule has 0 radical (unpaired) electrons. The van der Waals surface area contributed by atoms with E-state index >= 15 is 0 Å². The molecule has 0 amide bonds. The molecule has 28 heavy (non-hydrogen) atoms. The number of carbonyl (C=O) groups is 1. The zero-order chi connectivity index (χ0) is 20.4. The third-order valence-corrected chi connectivity index (χ3v) is 3.94. The first-order chi connectivity index (χ1) is 13.3. The average Bonchev–Trinajstić information content (AvgIpc) is 3.15. The minimum Gasteiger partial charge on any atom is -0.449 e. The van der Waals surface area contributed by atoms with E-state index in [-0.39, 0.29) is 28.1 Å². The van der Waals surface area contributed by atoms with Crippen LogP contribution in [0.2, 0.25) is 5.02 Å². The van der Waals surface area contributed by atoms with Crippen LogP contribution in [-0.4, -0.2) is 21.1 Å². The van der Waals surface area contributed by atoms with Crippen molar-refractivity contribution in [1.29, 1.82) is 0 Å². The molecule has 0 saturated carbocycles. The van der Waals surface area contributed by atoms with Gasteiger partial charge in [0.25, 0.3) is 11.6 Å². The Bertz CT molecular complexity index is 1060. The van der Waals surface area contributed by atoms with Crippen molar-refractivity contribution in [2.75, 3.05) is 0 Å². The topological polar surface area (TPSA) is 108 Å². The Labute approximate surface area is 160 Å². The summed E-state index contributed by atoms with van der Waals surface area (Å²) in [5.74, 6) is -3.47. The molecular formula is C17H10ClF2N3O5. The van der Waals surface area contributed by atoms with Gasteiger partial charge in [-0.1, -0.05) is 11.6 Å². The molecule has 0 unspecified atom stereocenters. The average molecular weight is 410 g/mol. The van der Waals surface area contributed by atoms with Crippen LogP contribution in [0.4, 0.5) is 14.5 Å². The smallest absolute Gasteiger partial charge is 0.340 e. The highest BCUT2D eigenvalue weighted by Gasteiger charge is 2.23. The zero-order valence-corrected chi connectivity index (χ0v) is 14.8. The molecule has 1 aromatic heterocycles. The standard InChI is InChI=1S/C17H10ClF2N3O5/c1-8(27-17(24)11-6-13(19)14(20)7-12(11)18)15-21-22-16(28-15)9-2-4-10(5-3-9)23(25)26/h2-8H,1H3/t8-/m0/s1. The van der Waals surface area contributed by atoms with Gasteiger partial charge in [-0.25, -0.2) is 13.6 Å². The number of nitro benzene ring substituents is 1. The molecule has 0 spiro atoms. The van der Waals surface area contributed by atoms with Crippen molar-refractivity contribution in [3.8, 4) is 11.5 Å². The number of nitrogens with zero attached hydrogens (tertiary/aromatic N) is 3. The van der Waals surface area contributed by atoms with Crippen LogP contribution in [0.25, 0.3) is 11.5 Å². The summed E-state index contributed by atoms with van der Waals surface area (Å²) in [7, 11) is 0. The second kappa shape index (κ2) is 7.69. The summed E-state index contributed by atoms with van der Waals surface area (Å²) < 4.78 is 36.9. The van der Waals surface area contributed by atoms with Gasteiger partial charge in [-0.05, 0) is 31.2 Å². The van der Waals surface area contributed by atoms with Crippen molar-refractivity contribution in [3.63, 3.8) is 0 Å². The van der Waals surface area contributed by atoms with Gasteiger partial charge in [0.05, 0.1) is 15.5 Å². The summed E-state index contributed by atoms with van der Waals surface area (Å²) in [6.07, 6.45) is -1.02. The molecule has 2 aromatic carbocycles. The van der Waals surface area contributed by atoms with Crippen molar-refractivity contribution < 1.29 is 27.7 Å². The third kappa shape index (κ3) is 3.96. The van der Waals surface area contributed by atoms with Crippen LogP contribution < -0.4 is 0 Å². The molecule has 1 atom stereocenters. The first kappa shape index (κ1) is 19.4. The second-order valence-corrected chi connectivity index (χ2v) is 5.95. The molecule has 1 heterocycles. The molecule has 3 aromatic rings. The number of rotatable bonds is 5. The van der Waals surface area contributed by atoms with E-state index in [1.54, 1.807) is 0 Å². The Hall–Kier alpha value is -3.40. The molecule has 0 N–H and O–H groups in total. The summed E-state index contributed by atoms with van der Waals surface area (Å²) in [5, 5.41) is 17.9. The predicted octanol–water partition coefficient (Wildman–Crippen LogP) is 4.49. The van der Waals surface area contributed by atoms with E-state index in [0.717, 1.165) is 0 Å². The summed E-state index contributed by atoms with van der Waals surface area (Å²) in [6, 6.07) is 6.68. The maximum Gasteiger partial charge on any atom is 0.340 e. The normalized spacial score (nSPS) is 11.9. The van der Waals surface area contributed by atoms with E-state index in [1.807, 2.05) is 0 Å². The Kier molecular flexibility index (Phi) is 5.32. The van der Waals surface area contributed by atoms with E-state index in [9.17, 15) is 23.7 Å². The first-order valence-corrected chi connectivity index (χ1v) is 8.08. The maximum absolute atomic E-state index is 13.3. The van der Waals surface area contributed by atoms with Crippen molar-refractivity contribution >= 4 is 23.3 Å². The van der Waals surface area contributed by atoms with E-state index in [1.165, 1.54) is 31.2 Å². The first-order valence-electron chi connectivity index (χ1n) is 7.70. The van der Waals surface area contributed by atoms with Gasteiger partial charge < -0.3 is 9.15 Å². The highest BCUT2D eigenvalue weighted by molar-refractivity contribution is 6.33. The lowest BCUT2D eigenvalue weighted by atomic mass is 10.2. The van der Waals surface area contributed by atoms with Gasteiger partial charge in [-0.15, -0.1) is 10.2 Å². The maximum atomic E-state index is 13.3. The van der Waals surface area contributed by atoms with Crippen LogP contribution in [0, 0.1) is 21.7 Å². The van der Waals surface area contributed by atoms with E-state index in [0.29, 0.717) is 17.7 Å². The molecule has 0 bridgehead atoms. The van der Waals surface area contributed by atoms with Crippen molar-refractivity contribution in [1.82, 2.24) is 10.2 Å². The molecule has 0 aliphatic carbocycles. The van der Waals surface area contributed by atoms with Crippen molar-refractivity contribution in [2.24, 2.45) is 0 Å². The number of hydrogen-bond acceptors (Lipinski definition) is 7. The fourth-order valence-electron chi connectivity index (χ4n) is 2.19. The lowest BCUT2D eigenvalue weighted by Gasteiger charge is -2.10. The number of aromatic nitrogens is 2. The Balaban J connectivity index is 1.75. The van der Waals surface area contributed by atoms with Crippen molar-refractivity contribution in [3.05, 3.63) is 74.6 Å². The Morgan fingerprint density at radius 3 is 2.50 bits per heavy atom. The molecule has 0 fully saturated rings. The SMILES string of the molecule is C[C@H](OC(=O)c1cc(F)c(F)cc1Cl)c1nnc(-c2ccc([N+](=O)[O-])cc2)o1. The lowest BCUT2D eigenvalue weighted by Crippen LogP contribution is -2.11. The largest absolute Gasteiger partial charge is 0.449 e. The quantitative estimate of drug-likeness (QED) is 0.264. The van der Waals surface area contributed by atoms with Gasteiger partial charge in [0.1, 0.15) is 0 Å².